The van der Waals surface area contributed by atoms with Gasteiger partial charge in [-0.1, -0.05) is 38.8 Å². The van der Waals surface area contributed by atoms with E-state index in [4.69, 9.17) is 0 Å². The van der Waals surface area contributed by atoms with Gasteiger partial charge in [-0.3, -0.25) is 14.6 Å². The molecule has 5 heteroatoms. The van der Waals surface area contributed by atoms with Crippen molar-refractivity contribution in [2.24, 2.45) is 11.8 Å². The van der Waals surface area contributed by atoms with Gasteiger partial charge in [0, 0.05) is 25.7 Å². The Hall–Kier alpha value is -1.46. The zero-order valence-electron chi connectivity index (χ0n) is 16.8. The van der Waals surface area contributed by atoms with Crippen LogP contribution >= 0.6 is 0 Å². The molecule has 3 rings (SSSR count). The van der Waals surface area contributed by atoms with Crippen LogP contribution in [0.3, 0.4) is 0 Å². The van der Waals surface area contributed by atoms with Crippen molar-refractivity contribution in [3.05, 3.63) is 35.6 Å². The minimum Gasteiger partial charge on any atom is -0.352 e. The summed E-state index contributed by atoms with van der Waals surface area (Å²) in [7, 11) is 0. The molecule has 1 saturated heterocycles. The molecule has 1 amide bonds. The van der Waals surface area contributed by atoms with Gasteiger partial charge in [0.25, 0.3) is 0 Å². The zero-order chi connectivity index (χ0) is 19.2. The lowest BCUT2D eigenvalue weighted by Gasteiger charge is -2.35. The number of rotatable bonds is 5. The highest BCUT2D eigenvalue weighted by Gasteiger charge is 2.28. The SMILES string of the molecule is CC1CCCC(NC(=O)CN2CCCN(Cc3ccc(F)cc3)CC2)C1C. The fourth-order valence-electron chi connectivity index (χ4n) is 4.43. The molecule has 3 unspecified atom stereocenters. The predicted molar refractivity (Wildman–Crippen MR) is 107 cm³/mol. The van der Waals surface area contributed by atoms with Crippen LogP contribution in [-0.4, -0.2) is 54.5 Å². The van der Waals surface area contributed by atoms with Gasteiger partial charge in [0.05, 0.1) is 6.54 Å². The average Bonchev–Trinajstić information content (AvgIpc) is 2.86. The summed E-state index contributed by atoms with van der Waals surface area (Å²) < 4.78 is 13.1. The van der Waals surface area contributed by atoms with E-state index in [-0.39, 0.29) is 11.7 Å². The molecule has 1 aromatic carbocycles. The molecule has 0 bridgehead atoms. The summed E-state index contributed by atoms with van der Waals surface area (Å²) in [4.78, 5) is 17.2. The Labute approximate surface area is 163 Å². The fourth-order valence-corrected chi connectivity index (χ4v) is 4.43. The first kappa shape index (κ1) is 20.3. The summed E-state index contributed by atoms with van der Waals surface area (Å²) in [5.41, 5.74) is 1.14. The van der Waals surface area contributed by atoms with Gasteiger partial charge >= 0.3 is 0 Å². The van der Waals surface area contributed by atoms with E-state index in [0.717, 1.165) is 51.1 Å². The highest BCUT2D eigenvalue weighted by atomic mass is 19.1. The predicted octanol–water partition coefficient (Wildman–Crippen LogP) is 3.27. The second-order valence-electron chi connectivity index (χ2n) is 8.47. The van der Waals surface area contributed by atoms with Gasteiger partial charge in [-0.25, -0.2) is 4.39 Å². The first-order chi connectivity index (χ1) is 13.0. The Bertz CT molecular complexity index is 606. The van der Waals surface area contributed by atoms with Crippen molar-refractivity contribution in [3.63, 3.8) is 0 Å². The number of benzene rings is 1. The number of hydrogen-bond acceptors (Lipinski definition) is 3. The Morgan fingerprint density at radius 3 is 2.52 bits per heavy atom. The number of nitrogens with zero attached hydrogens (tertiary/aromatic N) is 2. The quantitative estimate of drug-likeness (QED) is 0.858. The van der Waals surface area contributed by atoms with Crippen LogP contribution in [0.1, 0.15) is 45.1 Å². The summed E-state index contributed by atoms with van der Waals surface area (Å²) in [6.07, 6.45) is 4.68. The van der Waals surface area contributed by atoms with Crippen LogP contribution in [0.5, 0.6) is 0 Å². The molecule has 1 heterocycles. The van der Waals surface area contributed by atoms with Crippen LogP contribution in [-0.2, 0) is 11.3 Å². The standard InChI is InChI=1S/C22H34FN3O/c1-17-5-3-6-21(18(17)2)24-22(27)16-26-12-4-11-25(13-14-26)15-19-7-9-20(23)10-8-19/h7-10,17-18,21H,3-6,11-16H2,1-2H3,(H,24,27). The van der Waals surface area contributed by atoms with E-state index < -0.39 is 0 Å². The monoisotopic (exact) mass is 375 g/mol. The maximum Gasteiger partial charge on any atom is 0.234 e. The van der Waals surface area contributed by atoms with Crippen LogP contribution < -0.4 is 5.32 Å². The van der Waals surface area contributed by atoms with Gasteiger partial charge in [-0.15, -0.1) is 0 Å². The van der Waals surface area contributed by atoms with Crippen molar-refractivity contribution < 1.29 is 9.18 Å². The number of hydrogen-bond donors (Lipinski definition) is 1. The van der Waals surface area contributed by atoms with Gasteiger partial charge in [-0.05, 0) is 55.5 Å². The lowest BCUT2D eigenvalue weighted by atomic mass is 9.78. The largest absolute Gasteiger partial charge is 0.352 e. The molecule has 1 saturated carbocycles. The van der Waals surface area contributed by atoms with Crippen molar-refractivity contribution in [2.75, 3.05) is 32.7 Å². The van der Waals surface area contributed by atoms with E-state index in [1.165, 1.54) is 25.0 Å². The van der Waals surface area contributed by atoms with Crippen LogP contribution in [0.2, 0.25) is 0 Å². The van der Waals surface area contributed by atoms with E-state index in [0.29, 0.717) is 24.4 Å². The van der Waals surface area contributed by atoms with Gasteiger partial charge in [0.15, 0.2) is 0 Å². The van der Waals surface area contributed by atoms with Gasteiger partial charge in [-0.2, -0.15) is 0 Å². The van der Waals surface area contributed by atoms with Crippen molar-refractivity contribution in [1.29, 1.82) is 0 Å². The maximum atomic E-state index is 13.1. The molecule has 0 aromatic heterocycles. The second-order valence-corrected chi connectivity index (χ2v) is 8.47. The first-order valence-corrected chi connectivity index (χ1v) is 10.5. The number of carbonyl (C=O) groups excluding carboxylic acids is 1. The van der Waals surface area contributed by atoms with Crippen molar-refractivity contribution in [3.8, 4) is 0 Å². The zero-order valence-corrected chi connectivity index (χ0v) is 16.8. The molecular weight excluding hydrogens is 341 g/mol. The lowest BCUT2D eigenvalue weighted by molar-refractivity contribution is -0.123. The van der Waals surface area contributed by atoms with E-state index >= 15 is 0 Å². The molecular formula is C22H34FN3O. The Morgan fingerprint density at radius 1 is 1.04 bits per heavy atom. The topological polar surface area (TPSA) is 35.6 Å². The second kappa shape index (κ2) is 9.65. The molecule has 1 aromatic rings. The average molecular weight is 376 g/mol. The molecule has 2 aliphatic rings. The normalized spacial score (nSPS) is 27.9. The lowest BCUT2D eigenvalue weighted by Crippen LogP contribution is -2.47. The van der Waals surface area contributed by atoms with Crippen LogP contribution in [0.15, 0.2) is 24.3 Å². The maximum absolute atomic E-state index is 13.1. The molecule has 4 nitrogen and oxygen atoms in total. The Morgan fingerprint density at radius 2 is 1.74 bits per heavy atom. The highest BCUT2D eigenvalue weighted by Crippen LogP contribution is 2.29. The van der Waals surface area contributed by atoms with Crippen LogP contribution in [0.25, 0.3) is 0 Å². The van der Waals surface area contributed by atoms with Gasteiger partial charge in [0.1, 0.15) is 5.82 Å². The Kier molecular flexibility index (Phi) is 7.25. The molecule has 150 valence electrons. The number of carbonyl (C=O) groups is 1. The summed E-state index contributed by atoms with van der Waals surface area (Å²) in [5.74, 6) is 1.25. The van der Waals surface area contributed by atoms with Crippen LogP contribution in [0.4, 0.5) is 4.39 Å². The molecule has 1 N–H and O–H groups in total. The van der Waals surface area contributed by atoms with E-state index in [9.17, 15) is 9.18 Å². The number of amides is 1. The number of halogens is 1. The molecule has 1 aliphatic heterocycles. The molecule has 27 heavy (non-hydrogen) atoms. The van der Waals surface area contributed by atoms with Gasteiger partial charge < -0.3 is 5.32 Å². The molecule has 0 radical (unpaired) electrons. The van der Waals surface area contributed by atoms with E-state index in [1.807, 2.05) is 12.1 Å². The Balaban J connectivity index is 1.43. The van der Waals surface area contributed by atoms with Crippen molar-refractivity contribution >= 4 is 5.91 Å². The van der Waals surface area contributed by atoms with Crippen molar-refractivity contribution in [2.45, 2.75) is 52.1 Å². The molecule has 1 aliphatic carbocycles. The highest BCUT2D eigenvalue weighted by molar-refractivity contribution is 5.78. The van der Waals surface area contributed by atoms with E-state index in [2.05, 4.69) is 29.0 Å². The summed E-state index contributed by atoms with van der Waals surface area (Å²) in [6, 6.07) is 7.10. The summed E-state index contributed by atoms with van der Waals surface area (Å²) in [5, 5.41) is 3.29. The third-order valence-corrected chi connectivity index (χ3v) is 6.42. The van der Waals surface area contributed by atoms with Crippen molar-refractivity contribution in [1.82, 2.24) is 15.1 Å². The third-order valence-electron chi connectivity index (χ3n) is 6.42. The fraction of sp³-hybridized carbons (Fsp3) is 0.682. The summed E-state index contributed by atoms with van der Waals surface area (Å²) in [6.45, 7) is 9.75. The number of nitrogens with one attached hydrogen (secondary N) is 1. The minimum atomic E-state index is -0.187. The third kappa shape index (κ3) is 6.01. The van der Waals surface area contributed by atoms with Crippen LogP contribution in [0, 0.1) is 17.7 Å². The van der Waals surface area contributed by atoms with Gasteiger partial charge in [0.2, 0.25) is 5.91 Å². The van der Waals surface area contributed by atoms with E-state index in [1.54, 1.807) is 0 Å². The molecule has 2 fully saturated rings. The molecule has 3 atom stereocenters. The molecule has 0 spiro atoms. The first-order valence-electron chi connectivity index (χ1n) is 10.5. The summed E-state index contributed by atoms with van der Waals surface area (Å²) >= 11 is 0. The smallest absolute Gasteiger partial charge is 0.234 e. The minimum absolute atomic E-state index is 0.174.